The predicted molar refractivity (Wildman–Crippen MR) is 74.7 cm³/mol. The van der Waals surface area contributed by atoms with Crippen LogP contribution in [0.2, 0.25) is 0 Å². The number of hydrogen-bond acceptors (Lipinski definition) is 3. The maximum atomic E-state index is 5.36. The van der Waals surface area contributed by atoms with Crippen LogP contribution in [0.25, 0.3) is 0 Å². The predicted octanol–water partition coefficient (Wildman–Crippen LogP) is 2.58. The minimum absolute atomic E-state index is 0.501. The van der Waals surface area contributed by atoms with Gasteiger partial charge in [0.15, 0.2) is 0 Å². The average molecular weight is 250 g/mol. The Kier molecular flexibility index (Phi) is 5.75. The molecule has 1 aromatic rings. The van der Waals surface area contributed by atoms with Gasteiger partial charge in [0.25, 0.3) is 0 Å². The van der Waals surface area contributed by atoms with Gasteiger partial charge in [-0.05, 0) is 70.3 Å². The highest BCUT2D eigenvalue weighted by Crippen LogP contribution is 2.15. The van der Waals surface area contributed by atoms with Gasteiger partial charge in [0.2, 0.25) is 0 Å². The first-order valence-corrected chi connectivity index (χ1v) is 7.31. The summed E-state index contributed by atoms with van der Waals surface area (Å²) in [5, 5.41) is 7.06. The van der Waals surface area contributed by atoms with E-state index in [-0.39, 0.29) is 0 Å². The second-order valence-corrected chi connectivity index (χ2v) is 5.49. The van der Waals surface area contributed by atoms with Crippen LogP contribution >= 0.6 is 0 Å². The molecule has 3 nitrogen and oxygen atoms in total. The molecule has 18 heavy (non-hydrogen) atoms. The topological polar surface area (TPSA) is 37.2 Å². The minimum atomic E-state index is 0.501. The van der Waals surface area contributed by atoms with E-state index in [9.17, 15) is 0 Å². The van der Waals surface area contributed by atoms with Crippen LogP contribution in [0.15, 0.2) is 22.8 Å². The molecule has 2 atom stereocenters. The van der Waals surface area contributed by atoms with Crippen molar-refractivity contribution in [1.82, 2.24) is 10.6 Å². The SMILES string of the molecule is CC(Cc1ccco1)NCCCC1CCCNC1. The summed E-state index contributed by atoms with van der Waals surface area (Å²) >= 11 is 0. The third-order valence-corrected chi connectivity index (χ3v) is 3.77. The molecule has 0 radical (unpaired) electrons. The highest BCUT2D eigenvalue weighted by atomic mass is 16.3. The van der Waals surface area contributed by atoms with E-state index >= 15 is 0 Å². The van der Waals surface area contributed by atoms with Gasteiger partial charge in [-0.1, -0.05) is 0 Å². The Balaban J connectivity index is 1.52. The molecular weight excluding hydrogens is 224 g/mol. The first-order valence-electron chi connectivity index (χ1n) is 7.31. The fourth-order valence-corrected chi connectivity index (χ4v) is 2.71. The van der Waals surface area contributed by atoms with Crippen molar-refractivity contribution in [2.24, 2.45) is 5.92 Å². The lowest BCUT2D eigenvalue weighted by Gasteiger charge is -2.22. The lowest BCUT2D eigenvalue weighted by atomic mass is 9.95. The van der Waals surface area contributed by atoms with Gasteiger partial charge in [-0.3, -0.25) is 0 Å². The molecule has 1 fully saturated rings. The number of piperidine rings is 1. The maximum absolute atomic E-state index is 5.36. The van der Waals surface area contributed by atoms with Crippen molar-refractivity contribution >= 4 is 0 Å². The van der Waals surface area contributed by atoms with Gasteiger partial charge in [0.1, 0.15) is 5.76 Å². The number of nitrogens with one attached hydrogen (secondary N) is 2. The summed E-state index contributed by atoms with van der Waals surface area (Å²) in [7, 11) is 0. The maximum Gasteiger partial charge on any atom is 0.105 e. The van der Waals surface area contributed by atoms with Crippen LogP contribution in [0.1, 0.15) is 38.4 Å². The van der Waals surface area contributed by atoms with E-state index in [1.807, 2.05) is 12.1 Å². The summed E-state index contributed by atoms with van der Waals surface area (Å²) in [6, 6.07) is 4.50. The molecule has 1 aliphatic heterocycles. The Labute approximate surface area is 110 Å². The van der Waals surface area contributed by atoms with Crippen molar-refractivity contribution in [3.8, 4) is 0 Å². The number of furan rings is 1. The molecule has 0 bridgehead atoms. The van der Waals surface area contributed by atoms with Crippen molar-refractivity contribution in [2.75, 3.05) is 19.6 Å². The Morgan fingerprint density at radius 2 is 2.50 bits per heavy atom. The monoisotopic (exact) mass is 250 g/mol. The van der Waals surface area contributed by atoms with E-state index in [1.165, 1.54) is 38.8 Å². The smallest absolute Gasteiger partial charge is 0.105 e. The second kappa shape index (κ2) is 7.59. The van der Waals surface area contributed by atoms with Crippen molar-refractivity contribution in [3.63, 3.8) is 0 Å². The molecule has 2 heterocycles. The van der Waals surface area contributed by atoms with Crippen molar-refractivity contribution in [1.29, 1.82) is 0 Å². The Morgan fingerprint density at radius 3 is 3.22 bits per heavy atom. The largest absolute Gasteiger partial charge is 0.469 e. The Morgan fingerprint density at radius 1 is 1.56 bits per heavy atom. The van der Waals surface area contributed by atoms with Crippen LogP contribution in [0, 0.1) is 5.92 Å². The average Bonchev–Trinajstić information content (AvgIpc) is 2.89. The fraction of sp³-hybridized carbons (Fsp3) is 0.733. The molecule has 2 N–H and O–H groups in total. The van der Waals surface area contributed by atoms with E-state index in [1.54, 1.807) is 6.26 Å². The lowest BCUT2D eigenvalue weighted by molar-refractivity contribution is 0.344. The quantitative estimate of drug-likeness (QED) is 0.730. The Hall–Kier alpha value is -0.800. The van der Waals surface area contributed by atoms with Crippen molar-refractivity contribution in [3.05, 3.63) is 24.2 Å². The van der Waals surface area contributed by atoms with E-state index in [2.05, 4.69) is 17.6 Å². The van der Waals surface area contributed by atoms with E-state index < -0.39 is 0 Å². The van der Waals surface area contributed by atoms with Gasteiger partial charge in [0.05, 0.1) is 6.26 Å². The molecule has 0 aliphatic carbocycles. The molecule has 0 aromatic carbocycles. The fourth-order valence-electron chi connectivity index (χ4n) is 2.71. The minimum Gasteiger partial charge on any atom is -0.469 e. The van der Waals surface area contributed by atoms with Crippen LogP contribution < -0.4 is 10.6 Å². The first kappa shape index (κ1) is 13.6. The van der Waals surface area contributed by atoms with E-state index in [0.717, 1.165) is 24.6 Å². The van der Waals surface area contributed by atoms with Crippen LogP contribution in [0.3, 0.4) is 0 Å². The van der Waals surface area contributed by atoms with Crippen molar-refractivity contribution in [2.45, 2.75) is 45.1 Å². The molecular formula is C15H26N2O. The summed E-state index contributed by atoms with van der Waals surface area (Å²) in [6.07, 6.45) is 8.14. The van der Waals surface area contributed by atoms with Gasteiger partial charge < -0.3 is 15.1 Å². The molecule has 1 aromatic heterocycles. The summed E-state index contributed by atoms with van der Waals surface area (Å²) in [5.41, 5.74) is 0. The van der Waals surface area contributed by atoms with Crippen LogP contribution in [-0.4, -0.2) is 25.7 Å². The summed E-state index contributed by atoms with van der Waals surface area (Å²) < 4.78 is 5.36. The van der Waals surface area contributed by atoms with Crippen LogP contribution in [-0.2, 0) is 6.42 Å². The van der Waals surface area contributed by atoms with Gasteiger partial charge in [-0.2, -0.15) is 0 Å². The zero-order chi connectivity index (χ0) is 12.6. The van der Waals surface area contributed by atoms with E-state index in [0.29, 0.717) is 6.04 Å². The molecule has 1 saturated heterocycles. The molecule has 0 amide bonds. The Bertz CT molecular complexity index is 304. The van der Waals surface area contributed by atoms with Crippen molar-refractivity contribution < 1.29 is 4.42 Å². The highest BCUT2D eigenvalue weighted by Gasteiger charge is 2.12. The standard InChI is InChI=1S/C15H26N2O/c1-13(11-15-7-4-10-18-15)17-9-3-6-14-5-2-8-16-12-14/h4,7,10,13-14,16-17H,2-3,5-6,8-9,11-12H2,1H3. The molecule has 0 spiro atoms. The molecule has 3 heteroatoms. The summed E-state index contributed by atoms with van der Waals surface area (Å²) in [5.74, 6) is 1.98. The number of hydrogen-bond donors (Lipinski definition) is 2. The molecule has 2 unspecified atom stereocenters. The first-order chi connectivity index (χ1) is 8.84. The normalized spacial score (nSPS) is 21.9. The van der Waals surface area contributed by atoms with Crippen LogP contribution in [0.5, 0.6) is 0 Å². The summed E-state index contributed by atoms with van der Waals surface area (Å²) in [6.45, 7) is 5.79. The third-order valence-electron chi connectivity index (χ3n) is 3.77. The van der Waals surface area contributed by atoms with Gasteiger partial charge >= 0.3 is 0 Å². The van der Waals surface area contributed by atoms with E-state index in [4.69, 9.17) is 4.42 Å². The zero-order valence-electron chi connectivity index (χ0n) is 11.5. The third kappa shape index (κ3) is 4.83. The molecule has 1 aliphatic rings. The lowest BCUT2D eigenvalue weighted by Crippen LogP contribution is -2.32. The molecule has 102 valence electrons. The number of rotatable bonds is 7. The highest BCUT2D eigenvalue weighted by molar-refractivity contribution is 4.99. The second-order valence-electron chi connectivity index (χ2n) is 5.49. The van der Waals surface area contributed by atoms with Gasteiger partial charge in [0, 0.05) is 12.5 Å². The zero-order valence-corrected chi connectivity index (χ0v) is 11.5. The summed E-state index contributed by atoms with van der Waals surface area (Å²) in [4.78, 5) is 0. The molecule has 0 saturated carbocycles. The van der Waals surface area contributed by atoms with Gasteiger partial charge in [-0.25, -0.2) is 0 Å². The molecule has 2 rings (SSSR count). The van der Waals surface area contributed by atoms with Gasteiger partial charge in [-0.15, -0.1) is 0 Å². The van der Waals surface area contributed by atoms with Crippen LogP contribution in [0.4, 0.5) is 0 Å².